The van der Waals surface area contributed by atoms with Crippen LogP contribution in [0.1, 0.15) is 5.76 Å². The minimum Gasteiger partial charge on any atom is -0.467 e. The van der Waals surface area contributed by atoms with Crippen LogP contribution in [-0.4, -0.2) is 45.9 Å². The van der Waals surface area contributed by atoms with Gasteiger partial charge in [0.05, 0.1) is 31.7 Å². The molecule has 2 aromatic rings. The molecule has 7 nitrogen and oxygen atoms in total. The average molecular weight is 266 g/mol. The van der Waals surface area contributed by atoms with Gasteiger partial charge in [0.2, 0.25) is 0 Å². The Morgan fingerprint density at radius 3 is 3.21 bits per heavy atom. The van der Waals surface area contributed by atoms with Crippen molar-refractivity contribution in [1.29, 1.82) is 0 Å². The third-order valence-electron chi connectivity index (χ3n) is 2.50. The van der Waals surface area contributed by atoms with Gasteiger partial charge in [-0.3, -0.25) is 4.68 Å². The van der Waals surface area contributed by atoms with E-state index < -0.39 is 6.10 Å². The van der Waals surface area contributed by atoms with Gasteiger partial charge in [0, 0.05) is 19.3 Å². The van der Waals surface area contributed by atoms with Crippen LogP contribution in [0.25, 0.3) is 0 Å². The van der Waals surface area contributed by atoms with E-state index in [4.69, 9.17) is 9.15 Å². The van der Waals surface area contributed by atoms with Crippen LogP contribution >= 0.6 is 0 Å². The van der Waals surface area contributed by atoms with Gasteiger partial charge in [-0.1, -0.05) is 5.21 Å². The minimum absolute atomic E-state index is 0.275. The van der Waals surface area contributed by atoms with Gasteiger partial charge in [0.25, 0.3) is 0 Å². The van der Waals surface area contributed by atoms with Crippen LogP contribution in [-0.2, 0) is 17.9 Å². The number of ether oxygens (including phenoxy) is 1. The highest BCUT2D eigenvalue weighted by Crippen LogP contribution is 2.01. The first-order valence-corrected chi connectivity index (χ1v) is 6.17. The topological polar surface area (TPSA) is 85.3 Å². The molecule has 7 heteroatoms. The van der Waals surface area contributed by atoms with E-state index in [1.807, 2.05) is 6.07 Å². The number of furan rings is 1. The van der Waals surface area contributed by atoms with Gasteiger partial charge in [-0.05, 0) is 12.1 Å². The normalized spacial score (nSPS) is 12.7. The van der Waals surface area contributed by atoms with E-state index in [0.717, 1.165) is 18.8 Å². The molecule has 0 fully saturated rings. The minimum atomic E-state index is -0.536. The number of aliphatic hydroxyl groups is 1. The maximum atomic E-state index is 9.68. The Labute approximate surface area is 111 Å². The van der Waals surface area contributed by atoms with Gasteiger partial charge in [-0.25, -0.2) is 0 Å². The van der Waals surface area contributed by atoms with E-state index in [1.54, 1.807) is 29.4 Å². The molecular weight excluding hydrogens is 248 g/mol. The number of hydrogen-bond donors (Lipinski definition) is 2. The van der Waals surface area contributed by atoms with Crippen molar-refractivity contribution in [2.45, 2.75) is 19.3 Å². The summed E-state index contributed by atoms with van der Waals surface area (Å²) in [5, 5.41) is 20.4. The first-order chi connectivity index (χ1) is 9.34. The van der Waals surface area contributed by atoms with E-state index in [2.05, 4.69) is 15.6 Å². The Bertz CT molecular complexity index is 430. The van der Waals surface area contributed by atoms with Crippen molar-refractivity contribution in [1.82, 2.24) is 20.3 Å². The predicted octanol–water partition coefficient (Wildman–Crippen LogP) is 0.0384. The maximum Gasteiger partial charge on any atom is 0.129 e. The summed E-state index contributed by atoms with van der Waals surface area (Å²) in [5.74, 6) is 0.756. The van der Waals surface area contributed by atoms with E-state index in [-0.39, 0.29) is 6.61 Å². The summed E-state index contributed by atoms with van der Waals surface area (Å²) in [6.07, 6.45) is 4.49. The molecule has 0 spiro atoms. The number of hydrogen-bond acceptors (Lipinski definition) is 6. The molecule has 0 bridgehead atoms. The Kier molecular flexibility index (Phi) is 5.54. The fraction of sp³-hybridized carbons (Fsp3) is 0.500. The van der Waals surface area contributed by atoms with Crippen LogP contribution in [0.5, 0.6) is 0 Å². The van der Waals surface area contributed by atoms with E-state index >= 15 is 0 Å². The summed E-state index contributed by atoms with van der Waals surface area (Å²) >= 11 is 0. The zero-order valence-electron chi connectivity index (χ0n) is 10.6. The highest BCUT2D eigenvalue weighted by atomic mass is 16.5. The Morgan fingerprint density at radius 2 is 2.47 bits per heavy atom. The van der Waals surface area contributed by atoms with Crippen LogP contribution in [0.15, 0.2) is 35.2 Å². The highest BCUT2D eigenvalue weighted by molar-refractivity contribution is 4.96. The second kappa shape index (κ2) is 7.67. The molecule has 0 aliphatic carbocycles. The van der Waals surface area contributed by atoms with Crippen molar-refractivity contribution in [3.05, 3.63) is 36.5 Å². The van der Waals surface area contributed by atoms with Crippen LogP contribution in [0.3, 0.4) is 0 Å². The molecule has 104 valence electrons. The van der Waals surface area contributed by atoms with Gasteiger partial charge in [0.15, 0.2) is 0 Å². The molecule has 2 aromatic heterocycles. The van der Waals surface area contributed by atoms with E-state index in [1.165, 1.54) is 0 Å². The van der Waals surface area contributed by atoms with Gasteiger partial charge in [-0.15, -0.1) is 5.10 Å². The smallest absolute Gasteiger partial charge is 0.129 e. The molecule has 0 aromatic carbocycles. The summed E-state index contributed by atoms with van der Waals surface area (Å²) in [6.45, 7) is 2.57. The summed E-state index contributed by atoms with van der Waals surface area (Å²) in [6, 6.07) is 3.64. The molecule has 1 unspecified atom stereocenters. The number of rotatable bonds is 9. The zero-order chi connectivity index (χ0) is 13.3. The van der Waals surface area contributed by atoms with Crippen molar-refractivity contribution in [2.24, 2.45) is 0 Å². The van der Waals surface area contributed by atoms with Crippen molar-refractivity contribution >= 4 is 0 Å². The molecule has 19 heavy (non-hydrogen) atoms. The summed E-state index contributed by atoms with van der Waals surface area (Å²) < 4.78 is 12.2. The molecule has 2 N–H and O–H groups in total. The molecule has 0 radical (unpaired) electrons. The van der Waals surface area contributed by atoms with Crippen molar-refractivity contribution in [2.75, 3.05) is 19.7 Å². The Hall–Kier alpha value is -1.70. The maximum absolute atomic E-state index is 9.68. The average Bonchev–Trinajstić information content (AvgIpc) is 3.07. The molecule has 0 saturated heterocycles. The second-order valence-corrected chi connectivity index (χ2v) is 4.12. The highest BCUT2D eigenvalue weighted by Gasteiger charge is 2.04. The Balaban J connectivity index is 1.48. The quantitative estimate of drug-likeness (QED) is 0.623. The predicted molar refractivity (Wildman–Crippen MR) is 67.3 cm³/mol. The third kappa shape index (κ3) is 5.21. The summed E-state index contributed by atoms with van der Waals surface area (Å²) in [5.41, 5.74) is 0. The van der Waals surface area contributed by atoms with Gasteiger partial charge < -0.3 is 19.6 Å². The number of nitrogens with one attached hydrogen (secondary N) is 1. The monoisotopic (exact) mass is 266 g/mol. The first kappa shape index (κ1) is 13.7. The van der Waals surface area contributed by atoms with Crippen LogP contribution in [0, 0.1) is 0 Å². The number of aliphatic hydroxyl groups excluding tert-OH is 1. The number of aromatic nitrogens is 3. The molecule has 1 atom stereocenters. The lowest BCUT2D eigenvalue weighted by Gasteiger charge is -2.11. The second-order valence-electron chi connectivity index (χ2n) is 4.12. The van der Waals surface area contributed by atoms with Gasteiger partial charge >= 0.3 is 0 Å². The lowest BCUT2D eigenvalue weighted by Crippen LogP contribution is -2.32. The fourth-order valence-corrected chi connectivity index (χ4v) is 1.56. The van der Waals surface area contributed by atoms with Gasteiger partial charge in [0.1, 0.15) is 12.4 Å². The fourth-order valence-electron chi connectivity index (χ4n) is 1.56. The van der Waals surface area contributed by atoms with Crippen molar-refractivity contribution < 1.29 is 14.3 Å². The largest absolute Gasteiger partial charge is 0.467 e. The molecule has 0 aliphatic heterocycles. The molecule has 2 heterocycles. The van der Waals surface area contributed by atoms with Crippen molar-refractivity contribution in [3.8, 4) is 0 Å². The molecule has 0 amide bonds. The van der Waals surface area contributed by atoms with Crippen LogP contribution < -0.4 is 5.32 Å². The first-order valence-electron chi connectivity index (χ1n) is 6.17. The molecule has 0 aliphatic rings. The molecular formula is C12H18N4O3. The molecule has 2 rings (SSSR count). The lowest BCUT2D eigenvalue weighted by molar-refractivity contribution is 0.0227. The SMILES string of the molecule is OC(CNCCn1ccnn1)COCc1ccco1. The summed E-state index contributed by atoms with van der Waals surface area (Å²) in [7, 11) is 0. The molecule has 0 saturated carbocycles. The van der Waals surface area contributed by atoms with Gasteiger partial charge in [-0.2, -0.15) is 0 Å². The zero-order valence-corrected chi connectivity index (χ0v) is 10.6. The standard InChI is InChI=1S/C12H18N4O3/c17-11(9-18-10-12-2-1-7-19-12)8-13-3-5-16-6-4-14-15-16/h1-2,4,6-7,11,13,17H,3,5,8-10H2. The number of nitrogens with zero attached hydrogens (tertiary/aromatic N) is 3. The van der Waals surface area contributed by atoms with E-state index in [0.29, 0.717) is 13.2 Å². The van der Waals surface area contributed by atoms with Crippen LogP contribution in [0.2, 0.25) is 0 Å². The lowest BCUT2D eigenvalue weighted by atomic mass is 10.3. The van der Waals surface area contributed by atoms with Crippen LogP contribution in [0.4, 0.5) is 0 Å². The third-order valence-corrected chi connectivity index (χ3v) is 2.50. The van der Waals surface area contributed by atoms with E-state index in [9.17, 15) is 5.11 Å². The van der Waals surface area contributed by atoms with Crippen molar-refractivity contribution in [3.63, 3.8) is 0 Å². The summed E-state index contributed by atoms with van der Waals surface area (Å²) in [4.78, 5) is 0. The Morgan fingerprint density at radius 1 is 1.53 bits per heavy atom.